The minimum atomic E-state index is 0.116. The van der Waals surface area contributed by atoms with Crippen molar-refractivity contribution in [1.29, 1.82) is 0 Å². The van der Waals surface area contributed by atoms with Crippen molar-refractivity contribution in [2.45, 2.75) is 6.42 Å². The summed E-state index contributed by atoms with van der Waals surface area (Å²) in [5.74, 6) is 5.70. The smallest absolute Gasteiger partial charge is 0.111 e. The van der Waals surface area contributed by atoms with Gasteiger partial charge in [-0.05, 0) is 5.92 Å². The van der Waals surface area contributed by atoms with E-state index >= 15 is 0 Å². The Balaban J connectivity index is 2.65. The monoisotopic (exact) mass is 150 g/mol. The molecule has 0 spiro atoms. The molecule has 0 fully saturated rings. The summed E-state index contributed by atoms with van der Waals surface area (Å²) in [7, 11) is 1.88. The van der Waals surface area contributed by atoms with Gasteiger partial charge in [0, 0.05) is 13.5 Å². The largest absolute Gasteiger partial charge is 0.395 e. The predicted octanol–water partition coefficient (Wildman–Crippen LogP) is 0.154. The zero-order valence-corrected chi connectivity index (χ0v) is 6.41. The molecule has 0 amide bonds. The first kappa shape index (κ1) is 7.83. The normalized spacial score (nSPS) is 8.91. The summed E-state index contributed by atoms with van der Waals surface area (Å²) in [4.78, 5) is 3.90. The van der Waals surface area contributed by atoms with Crippen molar-refractivity contribution in [1.82, 2.24) is 9.55 Å². The minimum absolute atomic E-state index is 0.116. The fraction of sp³-hybridized carbons (Fsp3) is 0.375. The summed E-state index contributed by atoms with van der Waals surface area (Å²) < 4.78 is 1.84. The summed E-state index contributed by atoms with van der Waals surface area (Å²) in [6.45, 7) is 0.116. The molecule has 0 atom stereocenters. The second-order valence-corrected chi connectivity index (χ2v) is 2.17. The van der Waals surface area contributed by atoms with Gasteiger partial charge in [-0.3, -0.25) is 0 Å². The zero-order chi connectivity index (χ0) is 8.10. The summed E-state index contributed by atoms with van der Waals surface area (Å²) in [6, 6.07) is 0. The molecule has 0 aliphatic carbocycles. The summed E-state index contributed by atoms with van der Waals surface area (Å²) >= 11 is 0. The van der Waals surface area contributed by atoms with Gasteiger partial charge < -0.3 is 9.67 Å². The number of hydrogen-bond donors (Lipinski definition) is 1. The lowest BCUT2D eigenvalue weighted by atomic mass is 10.4. The van der Waals surface area contributed by atoms with Gasteiger partial charge in [-0.2, -0.15) is 0 Å². The Morgan fingerprint density at radius 3 is 3.09 bits per heavy atom. The molecule has 0 unspecified atom stereocenters. The second-order valence-electron chi connectivity index (χ2n) is 2.17. The Morgan fingerprint density at radius 2 is 2.55 bits per heavy atom. The van der Waals surface area contributed by atoms with Gasteiger partial charge in [0.1, 0.15) is 5.69 Å². The fourth-order valence-electron chi connectivity index (χ4n) is 0.687. The van der Waals surface area contributed by atoms with Crippen molar-refractivity contribution in [3.8, 4) is 11.8 Å². The zero-order valence-electron chi connectivity index (χ0n) is 6.41. The van der Waals surface area contributed by atoms with Crippen LogP contribution in [0.1, 0.15) is 12.1 Å². The Kier molecular flexibility index (Phi) is 2.70. The van der Waals surface area contributed by atoms with Gasteiger partial charge in [0.2, 0.25) is 0 Å². The van der Waals surface area contributed by atoms with Crippen LogP contribution in [-0.4, -0.2) is 21.3 Å². The average molecular weight is 150 g/mol. The number of rotatable bonds is 1. The molecular weight excluding hydrogens is 140 g/mol. The molecule has 1 heterocycles. The van der Waals surface area contributed by atoms with E-state index in [1.54, 1.807) is 12.5 Å². The maximum atomic E-state index is 8.44. The van der Waals surface area contributed by atoms with Crippen molar-refractivity contribution in [2.24, 2.45) is 7.05 Å². The average Bonchev–Trinajstić information content (AvgIpc) is 2.37. The van der Waals surface area contributed by atoms with Crippen LogP contribution >= 0.6 is 0 Å². The standard InChI is InChI=1S/C8H10N2O/c1-10-7-9-6-8(10)4-2-3-5-11/h6-7,11H,3,5H2,1H3. The number of hydrogen-bond acceptors (Lipinski definition) is 2. The lowest BCUT2D eigenvalue weighted by Crippen LogP contribution is -1.88. The molecule has 0 radical (unpaired) electrons. The van der Waals surface area contributed by atoms with E-state index in [-0.39, 0.29) is 6.61 Å². The first-order valence-electron chi connectivity index (χ1n) is 3.40. The third-order valence-electron chi connectivity index (χ3n) is 1.27. The topological polar surface area (TPSA) is 38.0 Å². The quantitative estimate of drug-likeness (QED) is 0.579. The van der Waals surface area contributed by atoms with Gasteiger partial charge >= 0.3 is 0 Å². The van der Waals surface area contributed by atoms with E-state index < -0.39 is 0 Å². The molecule has 3 nitrogen and oxygen atoms in total. The van der Waals surface area contributed by atoms with E-state index in [9.17, 15) is 0 Å². The third-order valence-corrected chi connectivity index (χ3v) is 1.27. The second kappa shape index (κ2) is 3.79. The number of imidazole rings is 1. The Hall–Kier alpha value is -1.27. The summed E-state index contributed by atoms with van der Waals surface area (Å²) in [5.41, 5.74) is 0.874. The van der Waals surface area contributed by atoms with Gasteiger partial charge in [-0.15, -0.1) is 0 Å². The van der Waals surface area contributed by atoms with Crippen LogP contribution in [0.3, 0.4) is 0 Å². The minimum Gasteiger partial charge on any atom is -0.395 e. The van der Waals surface area contributed by atoms with Gasteiger partial charge in [0.25, 0.3) is 0 Å². The van der Waals surface area contributed by atoms with Gasteiger partial charge in [0.05, 0.1) is 19.1 Å². The third kappa shape index (κ3) is 2.10. The molecule has 0 saturated carbocycles. The van der Waals surface area contributed by atoms with Crippen molar-refractivity contribution in [3.05, 3.63) is 18.2 Å². The maximum Gasteiger partial charge on any atom is 0.111 e. The van der Waals surface area contributed by atoms with Gasteiger partial charge in [0.15, 0.2) is 0 Å². The van der Waals surface area contributed by atoms with Crippen LogP contribution in [0.2, 0.25) is 0 Å². The van der Waals surface area contributed by atoms with Crippen molar-refractivity contribution < 1.29 is 5.11 Å². The molecule has 1 rings (SSSR count). The molecule has 1 aromatic rings. The van der Waals surface area contributed by atoms with Crippen molar-refractivity contribution in [3.63, 3.8) is 0 Å². The molecule has 58 valence electrons. The number of aryl methyl sites for hydroxylation is 1. The number of aromatic nitrogens is 2. The lowest BCUT2D eigenvalue weighted by Gasteiger charge is -1.88. The highest BCUT2D eigenvalue weighted by Gasteiger charge is 1.89. The van der Waals surface area contributed by atoms with Crippen LogP contribution in [-0.2, 0) is 7.05 Å². The first-order valence-corrected chi connectivity index (χ1v) is 3.40. The predicted molar refractivity (Wildman–Crippen MR) is 41.8 cm³/mol. The molecule has 3 heteroatoms. The molecule has 1 aromatic heterocycles. The van der Waals surface area contributed by atoms with Gasteiger partial charge in [-0.1, -0.05) is 5.92 Å². The fourth-order valence-corrected chi connectivity index (χ4v) is 0.687. The molecule has 0 bridgehead atoms. The van der Waals surface area contributed by atoms with Crippen LogP contribution in [0.15, 0.2) is 12.5 Å². The summed E-state index contributed by atoms with van der Waals surface area (Å²) in [5, 5.41) is 8.44. The highest BCUT2D eigenvalue weighted by atomic mass is 16.2. The Bertz CT molecular complexity index is 280. The van der Waals surface area contributed by atoms with Crippen LogP contribution < -0.4 is 0 Å². The van der Waals surface area contributed by atoms with Crippen molar-refractivity contribution >= 4 is 0 Å². The highest BCUT2D eigenvalue weighted by molar-refractivity contribution is 5.25. The molecule has 11 heavy (non-hydrogen) atoms. The molecule has 0 aliphatic heterocycles. The Labute approximate surface area is 65.7 Å². The van der Waals surface area contributed by atoms with Crippen LogP contribution in [0.5, 0.6) is 0 Å². The number of aliphatic hydroxyl groups excluding tert-OH is 1. The van der Waals surface area contributed by atoms with E-state index in [0.717, 1.165) is 5.69 Å². The molecule has 0 aliphatic rings. The van der Waals surface area contributed by atoms with E-state index in [1.165, 1.54) is 0 Å². The highest BCUT2D eigenvalue weighted by Crippen LogP contribution is 1.91. The van der Waals surface area contributed by atoms with E-state index in [2.05, 4.69) is 16.8 Å². The first-order chi connectivity index (χ1) is 5.34. The van der Waals surface area contributed by atoms with E-state index in [0.29, 0.717) is 6.42 Å². The number of aliphatic hydroxyl groups is 1. The van der Waals surface area contributed by atoms with Crippen LogP contribution in [0, 0.1) is 11.8 Å². The van der Waals surface area contributed by atoms with Gasteiger partial charge in [-0.25, -0.2) is 4.98 Å². The van der Waals surface area contributed by atoms with Crippen molar-refractivity contribution in [2.75, 3.05) is 6.61 Å². The van der Waals surface area contributed by atoms with Crippen LogP contribution in [0.4, 0.5) is 0 Å². The van der Waals surface area contributed by atoms with Crippen LogP contribution in [0.25, 0.3) is 0 Å². The molecule has 0 aromatic carbocycles. The van der Waals surface area contributed by atoms with E-state index in [1.807, 2.05) is 11.6 Å². The molecule has 1 N–H and O–H groups in total. The number of nitrogens with zero attached hydrogens (tertiary/aromatic N) is 2. The van der Waals surface area contributed by atoms with E-state index in [4.69, 9.17) is 5.11 Å². The Morgan fingerprint density at radius 1 is 1.73 bits per heavy atom. The SMILES string of the molecule is Cn1cncc1C#CCCO. The summed E-state index contributed by atoms with van der Waals surface area (Å²) in [6.07, 6.45) is 3.92. The molecule has 0 saturated heterocycles. The molecular formula is C8H10N2O. The maximum absolute atomic E-state index is 8.44. The lowest BCUT2D eigenvalue weighted by molar-refractivity contribution is 0.305.